The van der Waals surface area contributed by atoms with E-state index in [2.05, 4.69) is 17.5 Å². The lowest BCUT2D eigenvalue weighted by Gasteiger charge is -2.19. The van der Waals surface area contributed by atoms with Gasteiger partial charge in [0.25, 0.3) is 0 Å². The number of ether oxygens (including phenoxy) is 2. The number of methoxy groups -OCH3 is 1. The zero-order valence-electron chi connectivity index (χ0n) is 10.7. The number of allylic oxidation sites excluding steroid dienone is 2. The zero-order chi connectivity index (χ0) is 12.3. The molecule has 17 heavy (non-hydrogen) atoms. The third-order valence-electron chi connectivity index (χ3n) is 2.93. The SMILES string of the molecule is COCCOCC(O)CNCC1CC=CCC1. The highest BCUT2D eigenvalue weighted by molar-refractivity contribution is 4.90. The molecule has 0 saturated carbocycles. The van der Waals surface area contributed by atoms with Crippen molar-refractivity contribution in [2.24, 2.45) is 5.92 Å². The molecular weight excluding hydrogens is 218 g/mol. The normalized spacial score (nSPS) is 21.6. The highest BCUT2D eigenvalue weighted by atomic mass is 16.5. The van der Waals surface area contributed by atoms with Crippen molar-refractivity contribution in [3.05, 3.63) is 12.2 Å². The summed E-state index contributed by atoms with van der Waals surface area (Å²) in [4.78, 5) is 0. The molecule has 0 spiro atoms. The lowest BCUT2D eigenvalue weighted by atomic mass is 9.94. The van der Waals surface area contributed by atoms with E-state index >= 15 is 0 Å². The van der Waals surface area contributed by atoms with E-state index in [0.717, 1.165) is 18.9 Å². The van der Waals surface area contributed by atoms with Crippen LogP contribution >= 0.6 is 0 Å². The second-order valence-corrected chi connectivity index (χ2v) is 4.53. The van der Waals surface area contributed by atoms with E-state index in [9.17, 15) is 5.11 Å². The molecule has 0 amide bonds. The summed E-state index contributed by atoms with van der Waals surface area (Å²) in [5, 5.41) is 12.9. The van der Waals surface area contributed by atoms with Crippen molar-refractivity contribution in [2.45, 2.75) is 25.4 Å². The molecule has 2 N–H and O–H groups in total. The second-order valence-electron chi connectivity index (χ2n) is 4.53. The van der Waals surface area contributed by atoms with Gasteiger partial charge in [-0.3, -0.25) is 0 Å². The van der Waals surface area contributed by atoms with Crippen LogP contribution in [-0.2, 0) is 9.47 Å². The maximum atomic E-state index is 9.64. The van der Waals surface area contributed by atoms with Crippen molar-refractivity contribution in [1.82, 2.24) is 5.32 Å². The summed E-state index contributed by atoms with van der Waals surface area (Å²) < 4.78 is 10.1. The summed E-state index contributed by atoms with van der Waals surface area (Å²) in [6.45, 7) is 3.09. The first-order valence-corrected chi connectivity index (χ1v) is 6.43. The maximum Gasteiger partial charge on any atom is 0.0897 e. The number of aliphatic hydroxyl groups is 1. The molecule has 0 aromatic heterocycles. The van der Waals surface area contributed by atoms with E-state index in [1.165, 1.54) is 12.8 Å². The number of hydrogen-bond donors (Lipinski definition) is 2. The highest BCUT2D eigenvalue weighted by Gasteiger charge is 2.10. The van der Waals surface area contributed by atoms with Gasteiger partial charge < -0.3 is 19.9 Å². The summed E-state index contributed by atoms with van der Waals surface area (Å²) in [5.41, 5.74) is 0. The Kier molecular flexibility index (Phi) is 8.26. The van der Waals surface area contributed by atoms with Crippen LogP contribution in [-0.4, -0.2) is 51.2 Å². The van der Waals surface area contributed by atoms with Crippen LogP contribution in [0.5, 0.6) is 0 Å². The predicted octanol–water partition coefficient (Wildman–Crippen LogP) is 0.956. The second kappa shape index (κ2) is 9.59. The van der Waals surface area contributed by atoms with Crippen LogP contribution in [0.4, 0.5) is 0 Å². The zero-order valence-corrected chi connectivity index (χ0v) is 10.7. The molecule has 0 bridgehead atoms. The molecule has 0 aliphatic heterocycles. The van der Waals surface area contributed by atoms with Gasteiger partial charge in [0.2, 0.25) is 0 Å². The molecule has 0 radical (unpaired) electrons. The Morgan fingerprint density at radius 2 is 2.29 bits per heavy atom. The molecular formula is C13H25NO3. The molecule has 2 atom stereocenters. The van der Waals surface area contributed by atoms with Crippen LogP contribution in [0.15, 0.2) is 12.2 Å². The molecule has 0 aromatic rings. The smallest absolute Gasteiger partial charge is 0.0897 e. The number of hydrogen-bond acceptors (Lipinski definition) is 4. The number of rotatable bonds is 9. The van der Waals surface area contributed by atoms with E-state index in [-0.39, 0.29) is 0 Å². The van der Waals surface area contributed by atoms with Gasteiger partial charge in [0.1, 0.15) is 0 Å². The maximum absolute atomic E-state index is 9.64. The Morgan fingerprint density at radius 1 is 1.41 bits per heavy atom. The first-order valence-electron chi connectivity index (χ1n) is 6.43. The lowest BCUT2D eigenvalue weighted by molar-refractivity contribution is 0.0135. The summed E-state index contributed by atoms with van der Waals surface area (Å²) >= 11 is 0. The fourth-order valence-corrected chi connectivity index (χ4v) is 1.92. The number of aliphatic hydroxyl groups excluding tert-OH is 1. The Bertz CT molecular complexity index is 209. The van der Waals surface area contributed by atoms with E-state index < -0.39 is 6.10 Å². The molecule has 100 valence electrons. The van der Waals surface area contributed by atoms with Gasteiger partial charge in [-0.05, 0) is 31.7 Å². The fourth-order valence-electron chi connectivity index (χ4n) is 1.92. The molecule has 2 unspecified atom stereocenters. The average molecular weight is 243 g/mol. The van der Waals surface area contributed by atoms with E-state index in [4.69, 9.17) is 9.47 Å². The first-order chi connectivity index (χ1) is 8.33. The third-order valence-corrected chi connectivity index (χ3v) is 2.93. The van der Waals surface area contributed by atoms with Gasteiger partial charge >= 0.3 is 0 Å². The van der Waals surface area contributed by atoms with Crippen molar-refractivity contribution in [3.63, 3.8) is 0 Å². The Labute approximate surface area is 104 Å². The fraction of sp³-hybridized carbons (Fsp3) is 0.846. The van der Waals surface area contributed by atoms with Gasteiger partial charge in [-0.2, -0.15) is 0 Å². The number of nitrogens with one attached hydrogen (secondary N) is 1. The summed E-state index contributed by atoms with van der Waals surface area (Å²) in [6, 6.07) is 0. The Morgan fingerprint density at radius 3 is 3.00 bits per heavy atom. The topological polar surface area (TPSA) is 50.7 Å². The molecule has 0 saturated heterocycles. The van der Waals surface area contributed by atoms with Crippen LogP contribution in [0.3, 0.4) is 0 Å². The molecule has 0 fully saturated rings. The minimum absolute atomic E-state index is 0.376. The Balaban J connectivity index is 1.92. The minimum atomic E-state index is -0.425. The van der Waals surface area contributed by atoms with Crippen LogP contribution in [0.2, 0.25) is 0 Å². The highest BCUT2D eigenvalue weighted by Crippen LogP contribution is 2.16. The monoisotopic (exact) mass is 243 g/mol. The summed E-state index contributed by atoms with van der Waals surface area (Å²) in [7, 11) is 1.64. The Hall–Kier alpha value is -0.420. The van der Waals surface area contributed by atoms with Gasteiger partial charge in [0, 0.05) is 13.7 Å². The van der Waals surface area contributed by atoms with E-state index in [1.54, 1.807) is 7.11 Å². The average Bonchev–Trinajstić information content (AvgIpc) is 2.36. The van der Waals surface area contributed by atoms with Gasteiger partial charge in [0.05, 0.1) is 25.9 Å². The minimum Gasteiger partial charge on any atom is -0.389 e. The van der Waals surface area contributed by atoms with Crippen LogP contribution in [0.1, 0.15) is 19.3 Å². The molecule has 0 heterocycles. The molecule has 1 aliphatic carbocycles. The van der Waals surface area contributed by atoms with Crippen molar-refractivity contribution in [3.8, 4) is 0 Å². The summed E-state index contributed by atoms with van der Waals surface area (Å²) in [6.07, 6.45) is 7.67. The van der Waals surface area contributed by atoms with Crippen molar-refractivity contribution in [2.75, 3.05) is 40.0 Å². The molecule has 4 nitrogen and oxygen atoms in total. The van der Waals surface area contributed by atoms with Gasteiger partial charge in [-0.1, -0.05) is 12.2 Å². The third kappa shape index (κ3) is 7.49. The lowest BCUT2D eigenvalue weighted by Crippen LogP contribution is -2.34. The molecule has 1 aliphatic rings. The van der Waals surface area contributed by atoms with Crippen molar-refractivity contribution >= 4 is 0 Å². The quantitative estimate of drug-likeness (QED) is 0.468. The van der Waals surface area contributed by atoms with Gasteiger partial charge in [-0.15, -0.1) is 0 Å². The standard InChI is InChI=1S/C13H25NO3/c1-16-7-8-17-11-13(15)10-14-9-12-5-3-2-4-6-12/h2-3,12-15H,4-11H2,1H3. The summed E-state index contributed by atoms with van der Waals surface area (Å²) in [5.74, 6) is 0.724. The largest absolute Gasteiger partial charge is 0.389 e. The van der Waals surface area contributed by atoms with Crippen molar-refractivity contribution in [1.29, 1.82) is 0 Å². The van der Waals surface area contributed by atoms with Gasteiger partial charge in [-0.25, -0.2) is 0 Å². The molecule has 0 aromatic carbocycles. The van der Waals surface area contributed by atoms with E-state index in [1.807, 2.05) is 0 Å². The van der Waals surface area contributed by atoms with E-state index in [0.29, 0.717) is 26.4 Å². The van der Waals surface area contributed by atoms with Crippen LogP contribution in [0, 0.1) is 5.92 Å². The van der Waals surface area contributed by atoms with Crippen LogP contribution in [0.25, 0.3) is 0 Å². The first kappa shape index (κ1) is 14.6. The van der Waals surface area contributed by atoms with Gasteiger partial charge in [0.15, 0.2) is 0 Å². The molecule has 1 rings (SSSR count). The predicted molar refractivity (Wildman–Crippen MR) is 68.1 cm³/mol. The van der Waals surface area contributed by atoms with Crippen molar-refractivity contribution < 1.29 is 14.6 Å². The van der Waals surface area contributed by atoms with Crippen LogP contribution < -0.4 is 5.32 Å². The molecule has 4 heteroatoms.